The molecule has 3 amide bonds. The predicted molar refractivity (Wildman–Crippen MR) is 158 cm³/mol. The van der Waals surface area contributed by atoms with Crippen molar-refractivity contribution in [1.29, 1.82) is 0 Å². The van der Waals surface area contributed by atoms with Crippen molar-refractivity contribution in [3.63, 3.8) is 0 Å². The number of carboxylic acids is 1. The summed E-state index contributed by atoms with van der Waals surface area (Å²) in [5.41, 5.74) is 18.1. The van der Waals surface area contributed by atoms with Gasteiger partial charge in [0.05, 0.1) is 6.04 Å². The Labute approximate surface area is 248 Å². The van der Waals surface area contributed by atoms with Crippen molar-refractivity contribution in [3.8, 4) is 11.5 Å². The third-order valence-electron chi connectivity index (χ3n) is 7.12. The average molecular weight is 598 g/mol. The monoisotopic (exact) mass is 597 g/mol. The Morgan fingerprint density at radius 2 is 1.49 bits per heavy atom. The summed E-state index contributed by atoms with van der Waals surface area (Å²) in [6.45, 7) is 0.488. The number of carbonyl (C=O) groups excluding carboxylic acids is 3. The van der Waals surface area contributed by atoms with Crippen LogP contribution >= 0.6 is 0 Å². The second-order valence-electron chi connectivity index (χ2n) is 10.4. The van der Waals surface area contributed by atoms with Crippen LogP contribution < -0.4 is 27.8 Å². The van der Waals surface area contributed by atoms with E-state index in [0.717, 1.165) is 5.56 Å². The van der Waals surface area contributed by atoms with Crippen molar-refractivity contribution in [1.82, 2.24) is 15.5 Å². The summed E-state index contributed by atoms with van der Waals surface area (Å²) in [6.07, 6.45) is 1.45. The van der Waals surface area contributed by atoms with Gasteiger partial charge in [0.15, 0.2) is 5.96 Å². The van der Waals surface area contributed by atoms with Gasteiger partial charge in [-0.2, -0.15) is 0 Å². The zero-order valence-electron chi connectivity index (χ0n) is 23.7. The van der Waals surface area contributed by atoms with Crippen LogP contribution in [0, 0.1) is 0 Å². The van der Waals surface area contributed by atoms with Gasteiger partial charge >= 0.3 is 5.97 Å². The number of hydrogen-bond donors (Lipinski definition) is 8. The minimum atomic E-state index is -1.26. The van der Waals surface area contributed by atoms with Crippen LogP contribution in [-0.2, 0) is 32.0 Å². The number of carboxylic acid groups (broad SMARTS) is 1. The normalized spacial score (nSPS) is 16.5. The molecule has 1 aliphatic rings. The number of nitrogens with zero attached hydrogens (tertiary/aromatic N) is 2. The van der Waals surface area contributed by atoms with E-state index in [1.807, 2.05) is 0 Å². The molecule has 43 heavy (non-hydrogen) atoms. The molecule has 2 aromatic carbocycles. The van der Waals surface area contributed by atoms with Gasteiger partial charge in [-0.25, -0.2) is 4.79 Å². The van der Waals surface area contributed by atoms with Crippen molar-refractivity contribution >= 4 is 29.7 Å². The highest BCUT2D eigenvalue weighted by Gasteiger charge is 2.38. The molecule has 4 unspecified atom stereocenters. The lowest BCUT2D eigenvalue weighted by Crippen LogP contribution is -2.57. The van der Waals surface area contributed by atoms with Crippen LogP contribution in [0.15, 0.2) is 53.5 Å². The average Bonchev–Trinajstić information content (AvgIpc) is 3.46. The predicted octanol–water partition coefficient (Wildman–Crippen LogP) is -0.691. The highest BCUT2D eigenvalue weighted by molar-refractivity contribution is 5.94. The Kier molecular flexibility index (Phi) is 11.7. The Morgan fingerprint density at radius 1 is 0.907 bits per heavy atom. The van der Waals surface area contributed by atoms with Crippen LogP contribution in [0.3, 0.4) is 0 Å². The van der Waals surface area contributed by atoms with Gasteiger partial charge in [0.25, 0.3) is 0 Å². The van der Waals surface area contributed by atoms with E-state index in [1.165, 1.54) is 29.2 Å². The van der Waals surface area contributed by atoms with E-state index >= 15 is 0 Å². The number of aliphatic carboxylic acids is 1. The molecule has 0 saturated carbocycles. The highest BCUT2D eigenvalue weighted by atomic mass is 16.4. The molecule has 11 N–H and O–H groups in total. The SMILES string of the molecule is NC(N)=NCCCC(NC(=O)C(Cc1ccc(O)cc1)NC(=O)C1CCCN1C(=O)C(N)Cc1ccc(O)cc1)C(=O)O. The van der Waals surface area contributed by atoms with Crippen molar-refractivity contribution in [2.75, 3.05) is 13.1 Å². The van der Waals surface area contributed by atoms with Crippen molar-refractivity contribution in [2.24, 2.45) is 22.2 Å². The van der Waals surface area contributed by atoms with E-state index in [0.29, 0.717) is 24.9 Å². The van der Waals surface area contributed by atoms with Gasteiger partial charge in [-0.3, -0.25) is 19.4 Å². The first-order valence-corrected chi connectivity index (χ1v) is 14.0. The summed E-state index contributed by atoms with van der Waals surface area (Å²) in [5.74, 6) is -3.00. The molecule has 1 fully saturated rings. The molecule has 14 heteroatoms. The minimum Gasteiger partial charge on any atom is -0.508 e. The van der Waals surface area contributed by atoms with E-state index in [-0.39, 0.29) is 49.7 Å². The lowest BCUT2D eigenvalue weighted by Gasteiger charge is -2.29. The first-order valence-electron chi connectivity index (χ1n) is 14.0. The lowest BCUT2D eigenvalue weighted by molar-refractivity contribution is -0.143. The second-order valence-corrected chi connectivity index (χ2v) is 10.4. The number of hydrogen-bond acceptors (Lipinski definition) is 8. The molecule has 0 spiro atoms. The molecule has 2 aromatic rings. The van der Waals surface area contributed by atoms with Crippen LogP contribution in [0.2, 0.25) is 0 Å². The Morgan fingerprint density at radius 3 is 2.05 bits per heavy atom. The number of aliphatic imine (C=N–C) groups is 1. The molecule has 1 aliphatic heterocycles. The summed E-state index contributed by atoms with van der Waals surface area (Å²) in [6, 6.07) is 8.11. The number of benzene rings is 2. The second kappa shape index (κ2) is 15.4. The Balaban J connectivity index is 1.72. The van der Waals surface area contributed by atoms with Gasteiger partial charge in [-0.05, 0) is 67.5 Å². The van der Waals surface area contributed by atoms with E-state index < -0.39 is 47.9 Å². The third kappa shape index (κ3) is 9.88. The van der Waals surface area contributed by atoms with Gasteiger partial charge < -0.3 is 48.1 Å². The van der Waals surface area contributed by atoms with E-state index in [2.05, 4.69) is 15.6 Å². The first kappa shape index (κ1) is 32.7. The number of nitrogens with one attached hydrogen (secondary N) is 2. The van der Waals surface area contributed by atoms with Crippen LogP contribution in [0.1, 0.15) is 36.8 Å². The molecule has 1 heterocycles. The fraction of sp³-hybridized carbons (Fsp3) is 0.414. The maximum absolute atomic E-state index is 13.5. The zero-order chi connectivity index (χ0) is 31.5. The quantitative estimate of drug-likeness (QED) is 0.0773. The van der Waals surface area contributed by atoms with Gasteiger partial charge in [0.2, 0.25) is 17.7 Å². The molecule has 0 bridgehead atoms. The van der Waals surface area contributed by atoms with Crippen LogP contribution in [0.25, 0.3) is 0 Å². The van der Waals surface area contributed by atoms with Gasteiger partial charge in [-0.15, -0.1) is 0 Å². The number of guanidine groups is 1. The number of phenols is 2. The fourth-order valence-electron chi connectivity index (χ4n) is 4.87. The lowest BCUT2D eigenvalue weighted by atomic mass is 10.0. The summed E-state index contributed by atoms with van der Waals surface area (Å²) in [5, 5.41) is 34.0. The van der Waals surface area contributed by atoms with Crippen molar-refractivity contribution in [2.45, 2.75) is 62.7 Å². The number of phenolic OH excluding ortho intramolecular Hbond substituents is 2. The molecule has 0 aromatic heterocycles. The van der Waals surface area contributed by atoms with Crippen molar-refractivity contribution in [3.05, 3.63) is 59.7 Å². The van der Waals surface area contributed by atoms with Gasteiger partial charge in [0, 0.05) is 19.5 Å². The van der Waals surface area contributed by atoms with E-state index in [9.17, 15) is 34.5 Å². The highest BCUT2D eigenvalue weighted by Crippen LogP contribution is 2.20. The molecule has 3 rings (SSSR count). The number of aromatic hydroxyl groups is 2. The Hall–Kier alpha value is -4.85. The molecule has 4 atom stereocenters. The fourth-order valence-corrected chi connectivity index (χ4v) is 4.87. The van der Waals surface area contributed by atoms with Crippen LogP contribution in [-0.4, -0.2) is 87.1 Å². The zero-order valence-corrected chi connectivity index (χ0v) is 23.7. The standard InChI is InChI=1S/C29H39N7O7/c30-21(15-17-5-9-19(37)10-6-17)27(41)36-14-2-4-24(36)26(40)35-23(16-18-7-11-20(38)12-8-18)25(39)34-22(28(42)43)3-1-13-33-29(31)32/h5-12,21-24,37-38H,1-4,13-16,30H2,(H,34,39)(H,35,40)(H,42,43)(H4,31,32,33). The maximum atomic E-state index is 13.5. The van der Waals surface area contributed by atoms with Crippen LogP contribution in [0.5, 0.6) is 11.5 Å². The largest absolute Gasteiger partial charge is 0.508 e. The van der Waals surface area contributed by atoms with Crippen molar-refractivity contribution < 1.29 is 34.5 Å². The minimum absolute atomic E-state index is 0.000768. The molecule has 14 nitrogen and oxygen atoms in total. The molecule has 0 radical (unpaired) electrons. The van der Waals surface area contributed by atoms with E-state index in [4.69, 9.17) is 17.2 Å². The summed E-state index contributed by atoms with van der Waals surface area (Å²) >= 11 is 0. The van der Waals surface area contributed by atoms with E-state index in [1.54, 1.807) is 24.3 Å². The third-order valence-corrected chi connectivity index (χ3v) is 7.12. The summed E-state index contributed by atoms with van der Waals surface area (Å²) < 4.78 is 0. The number of carbonyl (C=O) groups is 4. The molecule has 1 saturated heterocycles. The topological polar surface area (TPSA) is 247 Å². The number of rotatable bonds is 14. The summed E-state index contributed by atoms with van der Waals surface area (Å²) in [4.78, 5) is 57.1. The number of likely N-dealkylation sites (tertiary alicyclic amines) is 1. The smallest absolute Gasteiger partial charge is 0.326 e. The number of nitrogens with two attached hydrogens (primary N) is 3. The molecule has 0 aliphatic carbocycles. The first-order chi connectivity index (χ1) is 20.4. The van der Waals surface area contributed by atoms with Crippen LogP contribution in [0.4, 0.5) is 0 Å². The number of amides is 3. The van der Waals surface area contributed by atoms with Gasteiger partial charge in [-0.1, -0.05) is 24.3 Å². The summed E-state index contributed by atoms with van der Waals surface area (Å²) in [7, 11) is 0. The molecular formula is C29H39N7O7. The van der Waals surface area contributed by atoms with Gasteiger partial charge in [0.1, 0.15) is 29.6 Å². The Bertz CT molecular complexity index is 1300. The molecular weight excluding hydrogens is 558 g/mol. The molecule has 232 valence electrons. The maximum Gasteiger partial charge on any atom is 0.326 e.